The van der Waals surface area contributed by atoms with Crippen LogP contribution in [0.4, 0.5) is 0 Å². The third kappa shape index (κ3) is 1.40. The van der Waals surface area contributed by atoms with Gasteiger partial charge in [-0.15, -0.1) is 0 Å². The van der Waals surface area contributed by atoms with Gasteiger partial charge in [0, 0.05) is 12.0 Å². The molecule has 2 rings (SSSR count). The summed E-state index contributed by atoms with van der Waals surface area (Å²) in [4.78, 5) is 0. The van der Waals surface area contributed by atoms with Gasteiger partial charge < -0.3 is 0 Å². The fourth-order valence-electron chi connectivity index (χ4n) is 1.31. The summed E-state index contributed by atoms with van der Waals surface area (Å²) in [5, 5.41) is 0. The molecule has 0 radical (unpaired) electrons. The van der Waals surface area contributed by atoms with Gasteiger partial charge in [-0.05, 0) is 12.0 Å². The summed E-state index contributed by atoms with van der Waals surface area (Å²) in [7, 11) is 0. The number of hydrogen-bond donors (Lipinski definition) is 0. The van der Waals surface area contributed by atoms with Crippen LogP contribution in [0.25, 0.3) is 5.57 Å². The summed E-state index contributed by atoms with van der Waals surface area (Å²) in [6, 6.07) is 10.3. The van der Waals surface area contributed by atoms with E-state index in [-0.39, 0.29) is 0 Å². The number of allylic oxidation sites excluding steroid dienone is 2. The molecule has 1 aromatic rings. The van der Waals surface area contributed by atoms with Gasteiger partial charge in [0.15, 0.2) is 0 Å². The van der Waals surface area contributed by atoms with Gasteiger partial charge in [-0.2, -0.15) is 0 Å². The molecule has 12 heavy (non-hydrogen) atoms. The van der Waals surface area contributed by atoms with E-state index in [0.717, 1.165) is 12.8 Å². The third-order valence-electron chi connectivity index (χ3n) is 1.93. The molecular formula is C12H10. The van der Waals surface area contributed by atoms with E-state index in [9.17, 15) is 0 Å². The summed E-state index contributed by atoms with van der Waals surface area (Å²) in [5.41, 5.74) is 2.42. The molecule has 1 aliphatic rings. The Morgan fingerprint density at radius 2 is 1.92 bits per heavy atom. The van der Waals surface area contributed by atoms with Crippen molar-refractivity contribution in [3.8, 4) is 11.8 Å². The molecule has 0 spiro atoms. The monoisotopic (exact) mass is 154 g/mol. The van der Waals surface area contributed by atoms with E-state index >= 15 is 0 Å². The molecule has 0 aliphatic heterocycles. The minimum Gasteiger partial charge on any atom is -0.0976 e. The van der Waals surface area contributed by atoms with Gasteiger partial charge in [-0.3, -0.25) is 0 Å². The highest BCUT2D eigenvalue weighted by molar-refractivity contribution is 5.79. The Hall–Kier alpha value is -1.48. The van der Waals surface area contributed by atoms with Crippen LogP contribution >= 0.6 is 0 Å². The van der Waals surface area contributed by atoms with E-state index < -0.39 is 0 Å². The van der Waals surface area contributed by atoms with E-state index in [2.05, 4.69) is 30.0 Å². The average molecular weight is 154 g/mol. The van der Waals surface area contributed by atoms with E-state index in [1.165, 1.54) is 11.1 Å². The van der Waals surface area contributed by atoms with Gasteiger partial charge >= 0.3 is 0 Å². The molecule has 0 bridgehead atoms. The SMILES string of the molecule is C1#CC(c2ccccc2)=CCC1. The molecule has 0 amide bonds. The zero-order valence-corrected chi connectivity index (χ0v) is 6.88. The summed E-state index contributed by atoms with van der Waals surface area (Å²) >= 11 is 0. The van der Waals surface area contributed by atoms with Crippen LogP contribution in [-0.4, -0.2) is 0 Å². The Balaban J connectivity index is 2.35. The molecule has 0 heteroatoms. The molecule has 0 heterocycles. The zero-order valence-electron chi connectivity index (χ0n) is 6.88. The van der Waals surface area contributed by atoms with Gasteiger partial charge in [0.2, 0.25) is 0 Å². The van der Waals surface area contributed by atoms with Crippen molar-refractivity contribution in [2.24, 2.45) is 0 Å². The van der Waals surface area contributed by atoms with Crippen molar-refractivity contribution in [1.29, 1.82) is 0 Å². The van der Waals surface area contributed by atoms with E-state index in [4.69, 9.17) is 0 Å². The van der Waals surface area contributed by atoms with Gasteiger partial charge in [0.25, 0.3) is 0 Å². The maximum Gasteiger partial charge on any atom is 0.0278 e. The second kappa shape index (κ2) is 3.28. The molecule has 1 aromatic carbocycles. The maximum atomic E-state index is 3.15. The van der Waals surface area contributed by atoms with Crippen LogP contribution in [-0.2, 0) is 0 Å². The van der Waals surface area contributed by atoms with Crippen molar-refractivity contribution in [2.75, 3.05) is 0 Å². The Labute approximate surface area is 72.9 Å². The van der Waals surface area contributed by atoms with E-state index in [0.29, 0.717) is 0 Å². The molecule has 0 unspecified atom stereocenters. The lowest BCUT2D eigenvalue weighted by atomic mass is 10.0. The molecular weight excluding hydrogens is 144 g/mol. The van der Waals surface area contributed by atoms with Crippen molar-refractivity contribution in [3.05, 3.63) is 42.0 Å². The van der Waals surface area contributed by atoms with Gasteiger partial charge in [0.1, 0.15) is 0 Å². The fourth-order valence-corrected chi connectivity index (χ4v) is 1.31. The predicted molar refractivity (Wildman–Crippen MR) is 51.4 cm³/mol. The lowest BCUT2D eigenvalue weighted by Crippen LogP contribution is -1.84. The Bertz CT molecular complexity index is 347. The van der Waals surface area contributed by atoms with Crippen molar-refractivity contribution in [3.63, 3.8) is 0 Å². The third-order valence-corrected chi connectivity index (χ3v) is 1.93. The molecule has 0 N–H and O–H groups in total. The van der Waals surface area contributed by atoms with Crippen LogP contribution in [0.1, 0.15) is 18.4 Å². The Kier molecular flexibility index (Phi) is 1.96. The van der Waals surface area contributed by atoms with Crippen molar-refractivity contribution < 1.29 is 0 Å². The largest absolute Gasteiger partial charge is 0.0976 e. The van der Waals surface area contributed by atoms with Crippen molar-refractivity contribution >= 4 is 5.57 Å². The Morgan fingerprint density at radius 3 is 2.58 bits per heavy atom. The van der Waals surface area contributed by atoms with Crippen LogP contribution < -0.4 is 0 Å². The first-order valence-electron chi connectivity index (χ1n) is 4.21. The van der Waals surface area contributed by atoms with Crippen molar-refractivity contribution in [2.45, 2.75) is 12.8 Å². The van der Waals surface area contributed by atoms with Crippen molar-refractivity contribution in [1.82, 2.24) is 0 Å². The summed E-state index contributed by atoms with van der Waals surface area (Å²) in [5.74, 6) is 6.26. The molecule has 0 fully saturated rings. The van der Waals surface area contributed by atoms with Crippen LogP contribution in [0.15, 0.2) is 36.4 Å². The predicted octanol–water partition coefficient (Wildman–Crippen LogP) is 2.87. The maximum absolute atomic E-state index is 3.15. The van der Waals surface area contributed by atoms with E-state index in [1.54, 1.807) is 0 Å². The standard InChI is InChI=1S/C12H10/c1-3-7-11(8-4-1)12-9-5-2-6-10-12/h1,3-4,7-9H,2,5H2. The second-order valence-corrected chi connectivity index (χ2v) is 2.82. The van der Waals surface area contributed by atoms with Gasteiger partial charge in [0.05, 0.1) is 0 Å². The van der Waals surface area contributed by atoms with Crippen LogP contribution in [0.5, 0.6) is 0 Å². The highest BCUT2D eigenvalue weighted by Gasteiger charge is 1.98. The minimum absolute atomic E-state index is 1.01. The van der Waals surface area contributed by atoms with Crippen LogP contribution in [0, 0.1) is 11.8 Å². The molecule has 0 aromatic heterocycles. The molecule has 1 aliphatic carbocycles. The normalized spacial score (nSPS) is 14.5. The lowest BCUT2D eigenvalue weighted by Gasteiger charge is -2.02. The first-order chi connectivity index (χ1) is 5.97. The Morgan fingerprint density at radius 1 is 1.08 bits per heavy atom. The van der Waals surface area contributed by atoms with Crippen LogP contribution in [0.2, 0.25) is 0 Å². The lowest BCUT2D eigenvalue weighted by molar-refractivity contribution is 1.08. The van der Waals surface area contributed by atoms with E-state index in [1.807, 2.05) is 18.2 Å². The van der Waals surface area contributed by atoms with Gasteiger partial charge in [-0.1, -0.05) is 48.2 Å². The summed E-state index contributed by atoms with van der Waals surface area (Å²) in [6.07, 6.45) is 4.32. The summed E-state index contributed by atoms with van der Waals surface area (Å²) in [6.45, 7) is 0. The molecule has 0 atom stereocenters. The average Bonchev–Trinajstić information content (AvgIpc) is 2.21. The van der Waals surface area contributed by atoms with Gasteiger partial charge in [-0.25, -0.2) is 0 Å². The fraction of sp³-hybridized carbons (Fsp3) is 0.167. The summed E-state index contributed by atoms with van der Waals surface area (Å²) < 4.78 is 0. The second-order valence-electron chi connectivity index (χ2n) is 2.82. The number of hydrogen-bond acceptors (Lipinski definition) is 0. The van der Waals surface area contributed by atoms with Crippen LogP contribution in [0.3, 0.4) is 0 Å². The first kappa shape index (κ1) is 7.18. The quantitative estimate of drug-likeness (QED) is 0.545. The molecule has 0 saturated carbocycles. The smallest absolute Gasteiger partial charge is 0.0278 e. The molecule has 58 valence electrons. The topological polar surface area (TPSA) is 0 Å². The number of rotatable bonds is 1. The molecule has 0 saturated heterocycles. The number of benzene rings is 1. The first-order valence-corrected chi connectivity index (χ1v) is 4.21. The highest BCUT2D eigenvalue weighted by Crippen LogP contribution is 2.16. The highest BCUT2D eigenvalue weighted by atomic mass is 14.0. The molecule has 0 nitrogen and oxygen atoms in total. The zero-order chi connectivity index (χ0) is 8.23. The minimum atomic E-state index is 1.01.